The Morgan fingerprint density at radius 1 is 1.26 bits per heavy atom. The van der Waals surface area contributed by atoms with Crippen LogP contribution in [0.4, 0.5) is 5.69 Å². The van der Waals surface area contributed by atoms with Crippen LogP contribution in [0.15, 0.2) is 28.2 Å². The number of rotatable bonds is 9. The molecule has 0 fully saturated rings. The smallest absolute Gasteiger partial charge is 0.263 e. The molecular formula is C22H27N3O4S2. The van der Waals surface area contributed by atoms with Crippen molar-refractivity contribution in [2.75, 3.05) is 25.3 Å². The summed E-state index contributed by atoms with van der Waals surface area (Å²) in [5, 5.41) is 4.11. The third-order valence-electron chi connectivity index (χ3n) is 5.00. The van der Waals surface area contributed by atoms with Gasteiger partial charge in [-0.05, 0) is 38.0 Å². The van der Waals surface area contributed by atoms with Crippen LogP contribution in [0.2, 0.25) is 0 Å². The molecular weight excluding hydrogens is 434 g/mol. The monoisotopic (exact) mass is 461 g/mol. The van der Waals surface area contributed by atoms with Crippen molar-refractivity contribution in [2.24, 2.45) is 0 Å². The van der Waals surface area contributed by atoms with Gasteiger partial charge < -0.3 is 14.8 Å². The second-order valence-electron chi connectivity index (χ2n) is 7.07. The van der Waals surface area contributed by atoms with Crippen LogP contribution in [-0.2, 0) is 11.3 Å². The first-order chi connectivity index (χ1) is 14.9. The number of thioether (sulfide) groups is 1. The molecule has 2 heterocycles. The average molecular weight is 462 g/mol. The Balaban J connectivity index is 1.84. The van der Waals surface area contributed by atoms with Crippen molar-refractivity contribution in [3.05, 3.63) is 39.0 Å². The molecule has 31 heavy (non-hydrogen) atoms. The molecule has 7 nitrogen and oxygen atoms in total. The van der Waals surface area contributed by atoms with E-state index in [0.717, 1.165) is 28.1 Å². The second kappa shape index (κ2) is 10.2. The Hall–Kier alpha value is -2.52. The first-order valence-corrected chi connectivity index (χ1v) is 11.8. The molecule has 2 aromatic heterocycles. The largest absolute Gasteiger partial charge is 0.497 e. The molecule has 0 aliphatic rings. The average Bonchev–Trinajstić information content (AvgIpc) is 3.05. The molecule has 0 radical (unpaired) electrons. The number of hydrogen-bond acceptors (Lipinski definition) is 7. The van der Waals surface area contributed by atoms with E-state index in [4.69, 9.17) is 14.5 Å². The number of amides is 1. The zero-order valence-electron chi connectivity index (χ0n) is 18.4. The van der Waals surface area contributed by atoms with E-state index in [0.29, 0.717) is 34.3 Å². The van der Waals surface area contributed by atoms with E-state index in [1.54, 1.807) is 37.0 Å². The van der Waals surface area contributed by atoms with Crippen LogP contribution >= 0.6 is 23.1 Å². The predicted octanol–water partition coefficient (Wildman–Crippen LogP) is 4.62. The number of aryl methyl sites for hydroxylation is 2. The van der Waals surface area contributed by atoms with Crippen molar-refractivity contribution in [1.82, 2.24) is 9.55 Å². The number of unbranched alkanes of at least 4 members (excludes halogenated alkanes) is 1. The molecule has 1 N–H and O–H groups in total. The highest BCUT2D eigenvalue weighted by molar-refractivity contribution is 7.99. The quantitative estimate of drug-likeness (QED) is 0.370. The van der Waals surface area contributed by atoms with E-state index in [-0.39, 0.29) is 17.2 Å². The van der Waals surface area contributed by atoms with E-state index in [9.17, 15) is 9.59 Å². The fourth-order valence-corrected chi connectivity index (χ4v) is 5.06. The maximum Gasteiger partial charge on any atom is 0.263 e. The van der Waals surface area contributed by atoms with Crippen molar-refractivity contribution in [2.45, 2.75) is 45.3 Å². The zero-order chi connectivity index (χ0) is 22.5. The molecule has 3 aromatic rings. The fraction of sp³-hybridized carbons (Fsp3) is 0.409. The highest BCUT2D eigenvalue weighted by Crippen LogP contribution is 2.30. The Morgan fingerprint density at radius 3 is 2.71 bits per heavy atom. The number of ether oxygens (including phenoxy) is 2. The number of nitrogens with one attached hydrogen (secondary N) is 1. The van der Waals surface area contributed by atoms with Gasteiger partial charge in [0.1, 0.15) is 16.3 Å². The molecule has 9 heteroatoms. The van der Waals surface area contributed by atoms with Gasteiger partial charge in [0, 0.05) is 17.5 Å². The standard InChI is InChI=1S/C22H27N3O4S2/c1-6-7-10-25-21(27)19-13(2)14(3)31-20(19)24-22(25)30-12-18(26)23-16-11-15(28-4)8-9-17(16)29-5/h8-9,11H,6-7,10,12H2,1-5H3,(H,23,26). The third kappa shape index (κ3) is 5.04. The molecule has 1 amide bonds. The lowest BCUT2D eigenvalue weighted by Crippen LogP contribution is -2.24. The topological polar surface area (TPSA) is 82.5 Å². The van der Waals surface area contributed by atoms with Gasteiger partial charge in [0.25, 0.3) is 5.56 Å². The molecule has 0 aliphatic carbocycles. The molecule has 166 valence electrons. The second-order valence-corrected chi connectivity index (χ2v) is 9.22. The van der Waals surface area contributed by atoms with Crippen molar-refractivity contribution < 1.29 is 14.3 Å². The molecule has 1 aromatic carbocycles. The maximum atomic E-state index is 13.2. The summed E-state index contributed by atoms with van der Waals surface area (Å²) in [6.45, 7) is 6.63. The van der Waals surface area contributed by atoms with Crippen LogP contribution in [0.3, 0.4) is 0 Å². The van der Waals surface area contributed by atoms with Gasteiger partial charge >= 0.3 is 0 Å². The number of methoxy groups -OCH3 is 2. The summed E-state index contributed by atoms with van der Waals surface area (Å²) in [6.07, 6.45) is 1.84. The minimum absolute atomic E-state index is 0.0299. The van der Waals surface area contributed by atoms with Crippen LogP contribution in [0.1, 0.15) is 30.2 Å². The molecule has 0 spiro atoms. The van der Waals surface area contributed by atoms with Crippen LogP contribution in [-0.4, -0.2) is 35.4 Å². The first kappa shape index (κ1) is 23.1. The lowest BCUT2D eigenvalue weighted by molar-refractivity contribution is -0.113. The molecule has 0 saturated heterocycles. The summed E-state index contributed by atoms with van der Waals surface area (Å²) < 4.78 is 12.2. The number of nitrogens with zero attached hydrogens (tertiary/aromatic N) is 2. The lowest BCUT2D eigenvalue weighted by Gasteiger charge is -2.13. The van der Waals surface area contributed by atoms with Crippen molar-refractivity contribution >= 4 is 44.9 Å². The van der Waals surface area contributed by atoms with Gasteiger partial charge in [-0.25, -0.2) is 4.98 Å². The fourth-order valence-electron chi connectivity index (χ4n) is 3.16. The normalized spacial score (nSPS) is 11.0. The van der Waals surface area contributed by atoms with Gasteiger partial charge in [-0.15, -0.1) is 11.3 Å². The van der Waals surface area contributed by atoms with Crippen molar-refractivity contribution in [3.8, 4) is 11.5 Å². The number of anilines is 1. The van der Waals surface area contributed by atoms with Crippen LogP contribution in [0, 0.1) is 13.8 Å². The Bertz CT molecular complexity index is 1150. The zero-order valence-corrected chi connectivity index (χ0v) is 20.0. The number of carbonyl (C=O) groups is 1. The van der Waals surface area contributed by atoms with Crippen molar-refractivity contribution in [3.63, 3.8) is 0 Å². The summed E-state index contributed by atoms with van der Waals surface area (Å²) in [6, 6.07) is 5.21. The van der Waals surface area contributed by atoms with Crippen molar-refractivity contribution in [1.29, 1.82) is 0 Å². The summed E-state index contributed by atoms with van der Waals surface area (Å²) in [5.41, 5.74) is 1.49. The van der Waals surface area contributed by atoms with Crippen LogP contribution in [0.5, 0.6) is 11.5 Å². The number of fused-ring (bicyclic) bond motifs is 1. The predicted molar refractivity (Wildman–Crippen MR) is 127 cm³/mol. The van der Waals surface area contributed by atoms with Crippen LogP contribution in [0.25, 0.3) is 10.2 Å². The number of carbonyl (C=O) groups excluding carboxylic acids is 1. The summed E-state index contributed by atoms with van der Waals surface area (Å²) >= 11 is 2.78. The SMILES string of the molecule is CCCCn1c(SCC(=O)Nc2cc(OC)ccc2OC)nc2sc(C)c(C)c2c1=O. The summed E-state index contributed by atoms with van der Waals surface area (Å²) in [7, 11) is 3.11. The van der Waals surface area contributed by atoms with Gasteiger partial charge in [-0.3, -0.25) is 14.2 Å². The first-order valence-electron chi connectivity index (χ1n) is 10.0. The van der Waals surface area contributed by atoms with E-state index >= 15 is 0 Å². The molecule has 0 unspecified atom stereocenters. The third-order valence-corrected chi connectivity index (χ3v) is 7.08. The maximum absolute atomic E-state index is 13.2. The minimum atomic E-state index is -0.216. The molecule has 0 atom stereocenters. The van der Waals surface area contributed by atoms with E-state index in [1.807, 2.05) is 13.8 Å². The number of hydrogen-bond donors (Lipinski definition) is 1. The van der Waals surface area contributed by atoms with E-state index < -0.39 is 0 Å². The van der Waals surface area contributed by atoms with Gasteiger partial charge in [0.2, 0.25) is 5.91 Å². The van der Waals surface area contributed by atoms with E-state index in [1.165, 1.54) is 23.1 Å². The highest BCUT2D eigenvalue weighted by Gasteiger charge is 2.18. The minimum Gasteiger partial charge on any atom is -0.497 e. The summed E-state index contributed by atoms with van der Waals surface area (Å²) in [5.74, 6) is 1.07. The van der Waals surface area contributed by atoms with E-state index in [2.05, 4.69) is 12.2 Å². The molecule has 3 rings (SSSR count). The molecule has 0 aliphatic heterocycles. The Kier molecular flexibility index (Phi) is 7.61. The lowest BCUT2D eigenvalue weighted by atomic mass is 10.2. The number of aromatic nitrogens is 2. The molecule has 0 bridgehead atoms. The van der Waals surface area contributed by atoms with Crippen LogP contribution < -0.4 is 20.3 Å². The Morgan fingerprint density at radius 2 is 2.03 bits per heavy atom. The number of thiophene rings is 1. The molecule has 0 saturated carbocycles. The van der Waals surface area contributed by atoms with Gasteiger partial charge in [-0.2, -0.15) is 0 Å². The summed E-state index contributed by atoms with van der Waals surface area (Å²) in [4.78, 5) is 32.4. The Labute approximate surface area is 189 Å². The number of benzene rings is 1. The van der Waals surface area contributed by atoms with Gasteiger partial charge in [0.15, 0.2) is 5.16 Å². The van der Waals surface area contributed by atoms with Gasteiger partial charge in [0.05, 0.1) is 31.0 Å². The highest BCUT2D eigenvalue weighted by atomic mass is 32.2. The van der Waals surface area contributed by atoms with Gasteiger partial charge in [-0.1, -0.05) is 25.1 Å².